The third-order valence-corrected chi connectivity index (χ3v) is 4.63. The number of hydrogen-bond acceptors (Lipinski definition) is 4. The van der Waals surface area contributed by atoms with Crippen LogP contribution >= 0.6 is 11.8 Å². The quantitative estimate of drug-likeness (QED) is 0.846. The molecule has 3 rings (SSSR count). The van der Waals surface area contributed by atoms with Gasteiger partial charge in [0.15, 0.2) is 0 Å². The molecule has 0 aromatic heterocycles. The first-order valence-corrected chi connectivity index (χ1v) is 8.87. The second kappa shape index (κ2) is 8.01. The van der Waals surface area contributed by atoms with Gasteiger partial charge in [-0.1, -0.05) is 48.5 Å². The number of hydrogen-bond donors (Lipinski definition) is 1. The smallest absolute Gasteiger partial charge is 0.350 e. The topological polar surface area (TPSA) is 41.6 Å². The van der Waals surface area contributed by atoms with Crippen LogP contribution < -0.4 is 10.4 Å². The lowest BCUT2D eigenvalue weighted by molar-refractivity contribution is -0.122. The van der Waals surface area contributed by atoms with Gasteiger partial charge in [0, 0.05) is 13.0 Å². The van der Waals surface area contributed by atoms with Crippen molar-refractivity contribution < 1.29 is 22.8 Å². The Hall–Kier alpha value is -2.19. The SMILES string of the molecule is O=C(NCc1ccccc1)C1CC(SC(F)(F)F)ON1c1ccccc1. The van der Waals surface area contributed by atoms with Crippen LogP contribution in [0.2, 0.25) is 0 Å². The van der Waals surface area contributed by atoms with Gasteiger partial charge in [0.2, 0.25) is 5.91 Å². The Labute approximate surface area is 153 Å². The van der Waals surface area contributed by atoms with Crippen LogP contribution in [0.1, 0.15) is 12.0 Å². The lowest BCUT2D eigenvalue weighted by atomic mass is 10.1. The first-order valence-electron chi connectivity index (χ1n) is 7.99. The maximum Gasteiger partial charge on any atom is 0.444 e. The van der Waals surface area contributed by atoms with Gasteiger partial charge in [0.05, 0.1) is 5.69 Å². The highest BCUT2D eigenvalue weighted by Gasteiger charge is 2.44. The average Bonchev–Trinajstić information content (AvgIpc) is 3.03. The first kappa shape index (κ1) is 18.6. The molecule has 26 heavy (non-hydrogen) atoms. The fourth-order valence-electron chi connectivity index (χ4n) is 2.67. The largest absolute Gasteiger partial charge is 0.444 e. The van der Waals surface area contributed by atoms with Crippen molar-refractivity contribution >= 4 is 23.4 Å². The minimum atomic E-state index is -4.43. The number of alkyl halides is 3. The molecule has 1 heterocycles. The lowest BCUT2D eigenvalue weighted by Crippen LogP contribution is -2.42. The molecule has 2 unspecified atom stereocenters. The van der Waals surface area contributed by atoms with Crippen molar-refractivity contribution in [1.29, 1.82) is 0 Å². The van der Waals surface area contributed by atoms with Crippen molar-refractivity contribution in [3.05, 3.63) is 66.2 Å². The molecule has 0 spiro atoms. The molecule has 1 aliphatic heterocycles. The van der Waals surface area contributed by atoms with E-state index in [1.54, 1.807) is 30.3 Å². The van der Waals surface area contributed by atoms with Gasteiger partial charge in [-0.2, -0.15) is 13.2 Å². The Kier molecular flexibility index (Phi) is 5.73. The zero-order valence-electron chi connectivity index (χ0n) is 13.6. The fourth-order valence-corrected chi connectivity index (χ4v) is 3.38. The molecule has 2 aromatic rings. The number of halogens is 3. The van der Waals surface area contributed by atoms with Crippen molar-refractivity contribution in [3.63, 3.8) is 0 Å². The van der Waals surface area contributed by atoms with Crippen molar-refractivity contribution in [3.8, 4) is 0 Å². The predicted octanol–water partition coefficient (Wildman–Crippen LogP) is 4.09. The maximum absolute atomic E-state index is 12.7. The van der Waals surface area contributed by atoms with Crippen LogP contribution in [0.3, 0.4) is 0 Å². The molecule has 1 fully saturated rings. The summed E-state index contributed by atoms with van der Waals surface area (Å²) in [5.41, 5.74) is -4.14. The Morgan fingerprint density at radius 3 is 2.35 bits per heavy atom. The third-order valence-electron chi connectivity index (χ3n) is 3.82. The molecule has 2 aromatic carbocycles. The second-order valence-electron chi connectivity index (χ2n) is 5.71. The molecule has 4 nitrogen and oxygen atoms in total. The van der Waals surface area contributed by atoms with E-state index in [0.29, 0.717) is 12.2 Å². The number of hydroxylamine groups is 1. The molecule has 0 radical (unpaired) electrons. The van der Waals surface area contributed by atoms with Crippen molar-refractivity contribution in [2.75, 3.05) is 5.06 Å². The summed E-state index contributed by atoms with van der Waals surface area (Å²) in [6.45, 7) is 0.301. The van der Waals surface area contributed by atoms with E-state index in [0.717, 1.165) is 5.56 Å². The summed E-state index contributed by atoms with van der Waals surface area (Å²) in [5.74, 6) is -0.372. The Morgan fingerprint density at radius 2 is 1.73 bits per heavy atom. The van der Waals surface area contributed by atoms with Gasteiger partial charge in [-0.15, -0.1) is 0 Å². The molecule has 1 aliphatic rings. The number of carbonyl (C=O) groups is 1. The number of carbonyl (C=O) groups excluding carboxylic acids is 1. The Morgan fingerprint density at radius 1 is 1.12 bits per heavy atom. The zero-order valence-corrected chi connectivity index (χ0v) is 14.5. The molecule has 1 amide bonds. The Balaban J connectivity index is 1.71. The zero-order chi connectivity index (χ0) is 18.6. The molecule has 0 bridgehead atoms. The summed E-state index contributed by atoms with van der Waals surface area (Å²) in [5, 5.41) is 4.04. The van der Waals surface area contributed by atoms with E-state index >= 15 is 0 Å². The summed E-state index contributed by atoms with van der Waals surface area (Å²) in [7, 11) is 0. The number of thioether (sulfide) groups is 1. The average molecular weight is 382 g/mol. The Bertz CT molecular complexity index is 728. The van der Waals surface area contributed by atoms with E-state index in [4.69, 9.17) is 4.84 Å². The third kappa shape index (κ3) is 4.92. The van der Waals surface area contributed by atoms with Crippen LogP contribution in [0.25, 0.3) is 0 Å². The molecule has 2 atom stereocenters. The first-order chi connectivity index (χ1) is 12.4. The van der Waals surface area contributed by atoms with Gasteiger partial charge in [-0.05, 0) is 29.5 Å². The highest BCUT2D eigenvalue weighted by atomic mass is 32.2. The molecule has 0 saturated carbocycles. The van der Waals surface area contributed by atoms with Gasteiger partial charge in [0.1, 0.15) is 11.5 Å². The van der Waals surface area contributed by atoms with E-state index in [1.807, 2.05) is 30.3 Å². The van der Waals surface area contributed by atoms with Gasteiger partial charge >= 0.3 is 5.51 Å². The van der Waals surface area contributed by atoms with Crippen LogP contribution in [0.15, 0.2) is 60.7 Å². The summed E-state index contributed by atoms with van der Waals surface area (Å²) < 4.78 is 38.1. The minimum Gasteiger partial charge on any atom is -0.350 e. The molecule has 1 saturated heterocycles. The normalized spacial score (nSPS) is 20.2. The standard InChI is InChI=1S/C18H17F3N2O2S/c19-18(20,21)26-16-11-15(23(25-16)14-9-5-2-6-10-14)17(24)22-12-13-7-3-1-4-8-13/h1-10,15-16H,11-12H2,(H,22,24). The van der Waals surface area contributed by atoms with Crippen molar-refractivity contribution in [2.45, 2.75) is 30.0 Å². The maximum atomic E-state index is 12.7. The van der Waals surface area contributed by atoms with Crippen LogP contribution in [-0.2, 0) is 16.2 Å². The summed E-state index contributed by atoms with van der Waals surface area (Å²) >= 11 is -0.245. The number of rotatable bonds is 5. The lowest BCUT2D eigenvalue weighted by Gasteiger charge is -2.24. The van der Waals surface area contributed by atoms with Crippen LogP contribution in [0.4, 0.5) is 18.9 Å². The predicted molar refractivity (Wildman–Crippen MR) is 94.1 cm³/mol. The highest BCUT2D eigenvalue weighted by Crippen LogP contribution is 2.41. The molecule has 0 aliphatic carbocycles. The number of benzene rings is 2. The summed E-state index contributed by atoms with van der Waals surface area (Å²) in [6, 6.07) is 17.1. The van der Waals surface area contributed by atoms with E-state index in [2.05, 4.69) is 5.32 Å². The number of nitrogens with one attached hydrogen (secondary N) is 1. The van der Waals surface area contributed by atoms with Gasteiger partial charge < -0.3 is 5.32 Å². The van der Waals surface area contributed by atoms with E-state index in [-0.39, 0.29) is 24.1 Å². The number of amides is 1. The second-order valence-corrected chi connectivity index (χ2v) is 6.94. The van der Waals surface area contributed by atoms with E-state index < -0.39 is 17.0 Å². The monoisotopic (exact) mass is 382 g/mol. The number of nitrogens with zero attached hydrogens (tertiary/aromatic N) is 1. The van der Waals surface area contributed by atoms with Gasteiger partial charge in [-0.25, -0.2) is 5.06 Å². The van der Waals surface area contributed by atoms with Crippen LogP contribution in [0, 0.1) is 0 Å². The molecule has 8 heteroatoms. The number of anilines is 1. The van der Waals surface area contributed by atoms with Gasteiger partial charge in [0.25, 0.3) is 0 Å². The number of para-hydroxylation sites is 1. The minimum absolute atomic E-state index is 0.0559. The fraction of sp³-hybridized carbons (Fsp3) is 0.278. The summed E-state index contributed by atoms with van der Waals surface area (Å²) in [6.07, 6.45) is -0.0559. The van der Waals surface area contributed by atoms with Gasteiger partial charge in [-0.3, -0.25) is 9.63 Å². The van der Waals surface area contributed by atoms with E-state index in [9.17, 15) is 18.0 Å². The molecule has 1 N–H and O–H groups in total. The highest BCUT2D eigenvalue weighted by molar-refractivity contribution is 8.00. The van der Waals surface area contributed by atoms with Crippen LogP contribution in [0.5, 0.6) is 0 Å². The molecule has 138 valence electrons. The van der Waals surface area contributed by atoms with Crippen molar-refractivity contribution in [2.24, 2.45) is 0 Å². The van der Waals surface area contributed by atoms with Crippen molar-refractivity contribution in [1.82, 2.24) is 5.32 Å². The molecular weight excluding hydrogens is 365 g/mol. The van der Waals surface area contributed by atoms with E-state index in [1.165, 1.54) is 5.06 Å². The summed E-state index contributed by atoms with van der Waals surface area (Å²) in [4.78, 5) is 18.0. The molecular formula is C18H17F3N2O2S. The van der Waals surface area contributed by atoms with Crippen LogP contribution in [-0.4, -0.2) is 22.9 Å².